The monoisotopic (exact) mass is 262 g/mol. The van der Waals surface area contributed by atoms with E-state index in [-0.39, 0.29) is 18.0 Å². The number of aliphatic hydroxyl groups is 1. The minimum absolute atomic E-state index is 0.0171. The summed E-state index contributed by atoms with van der Waals surface area (Å²) >= 11 is 0. The number of aromatic nitrogens is 2. The van der Waals surface area contributed by atoms with Crippen molar-refractivity contribution >= 4 is 10.0 Å². The van der Waals surface area contributed by atoms with Crippen molar-refractivity contribution in [1.29, 1.82) is 0 Å². The van der Waals surface area contributed by atoms with E-state index in [2.05, 4.69) is 10.2 Å². The van der Waals surface area contributed by atoms with Crippen LogP contribution in [-0.2, 0) is 10.0 Å². The number of nitrogens with zero attached hydrogens (tertiary/aromatic N) is 2. The molecule has 0 saturated heterocycles. The van der Waals surface area contributed by atoms with E-state index in [1.165, 1.54) is 7.05 Å². The molecule has 0 radical (unpaired) electrons. The fourth-order valence-electron chi connectivity index (χ4n) is 1.55. The first-order valence-electron chi connectivity index (χ1n) is 5.16. The van der Waals surface area contributed by atoms with Gasteiger partial charge in [0.25, 0.3) is 0 Å². The first-order chi connectivity index (χ1) is 7.80. The third kappa shape index (κ3) is 2.83. The van der Waals surface area contributed by atoms with Crippen LogP contribution in [0, 0.1) is 13.8 Å². The number of aliphatic hydroxyl groups excluding tert-OH is 1. The van der Waals surface area contributed by atoms with Crippen LogP contribution in [0.15, 0.2) is 4.90 Å². The maximum atomic E-state index is 12.2. The van der Waals surface area contributed by atoms with E-state index in [1.807, 2.05) is 0 Å². The van der Waals surface area contributed by atoms with Crippen molar-refractivity contribution < 1.29 is 13.5 Å². The summed E-state index contributed by atoms with van der Waals surface area (Å²) in [5.41, 5.74) is 6.15. The third-order valence-electron chi connectivity index (χ3n) is 2.47. The van der Waals surface area contributed by atoms with Crippen LogP contribution in [0.3, 0.4) is 0 Å². The predicted molar refractivity (Wildman–Crippen MR) is 62.9 cm³/mol. The highest BCUT2D eigenvalue weighted by Crippen LogP contribution is 2.20. The second kappa shape index (κ2) is 5.13. The quantitative estimate of drug-likeness (QED) is 0.628. The molecule has 0 aromatic carbocycles. The summed E-state index contributed by atoms with van der Waals surface area (Å²) in [5, 5.41) is 15.8. The van der Waals surface area contributed by atoms with Gasteiger partial charge in [-0.15, -0.1) is 0 Å². The minimum Gasteiger partial charge on any atom is -0.390 e. The van der Waals surface area contributed by atoms with E-state index >= 15 is 0 Å². The number of aryl methyl sites for hydroxylation is 2. The van der Waals surface area contributed by atoms with Crippen molar-refractivity contribution in [1.82, 2.24) is 14.5 Å². The lowest BCUT2D eigenvalue weighted by molar-refractivity contribution is 0.160. The van der Waals surface area contributed by atoms with E-state index < -0.39 is 16.1 Å². The Bertz CT molecular complexity index is 463. The van der Waals surface area contributed by atoms with Crippen LogP contribution < -0.4 is 5.73 Å². The number of likely N-dealkylation sites (N-methyl/N-ethyl adjacent to an activating group) is 1. The zero-order chi connectivity index (χ0) is 13.2. The molecule has 0 fully saturated rings. The van der Waals surface area contributed by atoms with E-state index in [9.17, 15) is 13.5 Å². The van der Waals surface area contributed by atoms with Gasteiger partial charge in [-0.3, -0.25) is 5.10 Å². The van der Waals surface area contributed by atoms with Gasteiger partial charge < -0.3 is 10.8 Å². The molecule has 1 aromatic rings. The van der Waals surface area contributed by atoms with E-state index in [0.29, 0.717) is 11.4 Å². The zero-order valence-electron chi connectivity index (χ0n) is 10.1. The topological polar surface area (TPSA) is 112 Å². The Balaban J connectivity index is 3.04. The fraction of sp³-hybridized carbons (Fsp3) is 0.667. The van der Waals surface area contributed by atoms with Crippen molar-refractivity contribution in [3.05, 3.63) is 11.4 Å². The summed E-state index contributed by atoms with van der Waals surface area (Å²) in [6.45, 7) is 3.23. The molecule has 0 spiro atoms. The van der Waals surface area contributed by atoms with Gasteiger partial charge in [-0.25, -0.2) is 8.42 Å². The number of hydrogen-bond donors (Lipinski definition) is 3. The number of nitrogens with two attached hydrogens (primary N) is 1. The van der Waals surface area contributed by atoms with Gasteiger partial charge in [0.1, 0.15) is 4.90 Å². The summed E-state index contributed by atoms with van der Waals surface area (Å²) in [4.78, 5) is 0.157. The molecule has 17 heavy (non-hydrogen) atoms. The molecule has 0 aliphatic carbocycles. The van der Waals surface area contributed by atoms with E-state index in [0.717, 1.165) is 4.31 Å². The Kier molecular flexibility index (Phi) is 4.26. The van der Waals surface area contributed by atoms with Crippen LogP contribution in [0.25, 0.3) is 0 Å². The van der Waals surface area contributed by atoms with Crippen molar-refractivity contribution in [3.8, 4) is 0 Å². The molecule has 0 bridgehead atoms. The van der Waals surface area contributed by atoms with Crippen molar-refractivity contribution in [2.75, 3.05) is 20.1 Å². The van der Waals surface area contributed by atoms with Gasteiger partial charge in [0.2, 0.25) is 10.0 Å². The van der Waals surface area contributed by atoms with Crippen LogP contribution in [0.5, 0.6) is 0 Å². The van der Waals surface area contributed by atoms with Crippen LogP contribution in [-0.4, -0.2) is 54.3 Å². The third-order valence-corrected chi connectivity index (χ3v) is 4.56. The molecule has 0 saturated carbocycles. The summed E-state index contributed by atoms with van der Waals surface area (Å²) < 4.78 is 25.5. The molecule has 7 nitrogen and oxygen atoms in total. The van der Waals surface area contributed by atoms with Gasteiger partial charge >= 0.3 is 0 Å². The number of aromatic amines is 1. The Labute approximate surface area is 101 Å². The van der Waals surface area contributed by atoms with Crippen molar-refractivity contribution in [3.63, 3.8) is 0 Å². The normalized spacial score (nSPS) is 14.2. The number of hydrogen-bond acceptors (Lipinski definition) is 5. The molecule has 1 heterocycles. The molecular formula is C9H18N4O3S. The number of H-pyrrole nitrogens is 1. The summed E-state index contributed by atoms with van der Waals surface area (Å²) in [6, 6.07) is 0. The number of rotatable bonds is 5. The van der Waals surface area contributed by atoms with Crippen LogP contribution in [0.4, 0.5) is 0 Å². The average Bonchev–Trinajstić information content (AvgIpc) is 2.58. The largest absolute Gasteiger partial charge is 0.390 e. The standard InChI is InChI=1S/C9H18N4O3S/c1-6-9(7(2)12-11-6)17(15,16)13(3)5-8(14)4-10/h8,14H,4-5,10H2,1-3H3,(H,11,12). The van der Waals surface area contributed by atoms with Crippen LogP contribution in [0.2, 0.25) is 0 Å². The average molecular weight is 262 g/mol. The Morgan fingerprint density at radius 3 is 2.53 bits per heavy atom. The van der Waals surface area contributed by atoms with Gasteiger partial charge in [0.05, 0.1) is 17.5 Å². The lowest BCUT2D eigenvalue weighted by atomic mass is 10.4. The maximum Gasteiger partial charge on any atom is 0.246 e. The van der Waals surface area contributed by atoms with Crippen LogP contribution >= 0.6 is 0 Å². The van der Waals surface area contributed by atoms with Gasteiger partial charge in [0.15, 0.2) is 0 Å². The molecule has 0 aliphatic heterocycles. The maximum absolute atomic E-state index is 12.2. The van der Waals surface area contributed by atoms with Crippen LogP contribution in [0.1, 0.15) is 11.4 Å². The summed E-state index contributed by atoms with van der Waals surface area (Å²) in [6.07, 6.45) is -0.873. The molecule has 1 atom stereocenters. The predicted octanol–water partition coefficient (Wildman–Crippen LogP) is -1.03. The summed E-state index contributed by atoms with van der Waals surface area (Å²) in [5.74, 6) is 0. The van der Waals surface area contributed by atoms with Crippen molar-refractivity contribution in [2.45, 2.75) is 24.8 Å². The van der Waals surface area contributed by atoms with E-state index in [1.54, 1.807) is 13.8 Å². The molecule has 0 aliphatic rings. The molecular weight excluding hydrogens is 244 g/mol. The van der Waals surface area contributed by atoms with Gasteiger partial charge in [0, 0.05) is 20.1 Å². The molecule has 0 amide bonds. The highest BCUT2D eigenvalue weighted by molar-refractivity contribution is 7.89. The second-order valence-electron chi connectivity index (χ2n) is 3.94. The molecule has 4 N–H and O–H groups in total. The van der Waals surface area contributed by atoms with E-state index in [4.69, 9.17) is 5.73 Å². The fourth-order valence-corrected chi connectivity index (χ4v) is 3.08. The van der Waals surface area contributed by atoms with Gasteiger partial charge in [-0.1, -0.05) is 0 Å². The molecule has 1 aromatic heterocycles. The highest BCUT2D eigenvalue weighted by Gasteiger charge is 2.27. The second-order valence-corrected chi connectivity index (χ2v) is 5.92. The Morgan fingerprint density at radius 2 is 2.12 bits per heavy atom. The number of sulfonamides is 1. The first kappa shape index (κ1) is 14.1. The lowest BCUT2D eigenvalue weighted by Gasteiger charge is -2.19. The highest BCUT2D eigenvalue weighted by atomic mass is 32.2. The van der Waals surface area contributed by atoms with Crippen molar-refractivity contribution in [2.24, 2.45) is 5.73 Å². The lowest BCUT2D eigenvalue weighted by Crippen LogP contribution is -2.38. The Morgan fingerprint density at radius 1 is 1.53 bits per heavy atom. The number of nitrogens with one attached hydrogen (secondary N) is 1. The Hall–Kier alpha value is -0.960. The minimum atomic E-state index is -3.64. The SMILES string of the molecule is Cc1n[nH]c(C)c1S(=O)(=O)N(C)CC(O)CN. The molecule has 98 valence electrons. The first-order valence-corrected chi connectivity index (χ1v) is 6.60. The molecule has 1 rings (SSSR count). The smallest absolute Gasteiger partial charge is 0.246 e. The molecule has 1 unspecified atom stereocenters. The zero-order valence-corrected chi connectivity index (χ0v) is 11.0. The summed E-state index contributed by atoms with van der Waals surface area (Å²) in [7, 11) is -2.24. The van der Waals surface area contributed by atoms with Gasteiger partial charge in [-0.2, -0.15) is 9.40 Å². The van der Waals surface area contributed by atoms with Gasteiger partial charge in [-0.05, 0) is 13.8 Å². The molecule has 8 heteroatoms.